The van der Waals surface area contributed by atoms with Crippen LogP contribution in [0, 0.1) is 17.8 Å². The van der Waals surface area contributed by atoms with Crippen LogP contribution in [0.3, 0.4) is 0 Å². The van der Waals surface area contributed by atoms with Crippen LogP contribution in [0.4, 0.5) is 5.69 Å². The minimum atomic E-state index is -1.84. The standard InChI is InChI=1S/C27H21Cl3N2O5/c1-31-24(36)26(29)12-19-17(21(27(26,30)25(31)37)13-2-8-16(33)9-3-13)10-11-18-20(19)23(35)32(22(18)34)15-6-4-14(28)5-7-15/h2-10,18-21,33H,11-12H2,1H3. The SMILES string of the molecule is CN1C(=O)C2(Cl)CC3C(=CCC4C(=O)N(c5ccc(Cl)cc5)C(=O)C43)C(c3ccc(O)cc3)C2(Cl)C1=O. The number of benzene rings is 2. The molecule has 0 bridgehead atoms. The van der Waals surface area contributed by atoms with Crippen molar-refractivity contribution in [2.45, 2.75) is 28.5 Å². The lowest BCUT2D eigenvalue weighted by molar-refractivity contribution is -0.138. The summed E-state index contributed by atoms with van der Waals surface area (Å²) in [5, 5.41) is 10.3. The fraction of sp³-hybridized carbons (Fsp3) is 0.333. The Morgan fingerprint density at radius 3 is 2.19 bits per heavy atom. The van der Waals surface area contributed by atoms with Gasteiger partial charge in [-0.05, 0) is 60.7 Å². The minimum absolute atomic E-state index is 0.0238. The van der Waals surface area contributed by atoms with Gasteiger partial charge in [0.15, 0.2) is 9.75 Å². The van der Waals surface area contributed by atoms with Gasteiger partial charge in [-0.15, -0.1) is 23.2 Å². The fourth-order valence-electron chi connectivity index (χ4n) is 6.63. The van der Waals surface area contributed by atoms with Gasteiger partial charge in [0.05, 0.1) is 17.5 Å². The topological polar surface area (TPSA) is 95.0 Å². The van der Waals surface area contributed by atoms with Crippen molar-refractivity contribution < 1.29 is 24.3 Å². The van der Waals surface area contributed by atoms with Gasteiger partial charge in [0.1, 0.15) is 5.75 Å². The Kier molecular flexibility index (Phi) is 5.33. The smallest absolute Gasteiger partial charge is 0.253 e. The molecule has 190 valence electrons. The lowest BCUT2D eigenvalue weighted by Crippen LogP contribution is -2.60. The highest BCUT2D eigenvalue weighted by molar-refractivity contribution is 6.53. The number of carbonyl (C=O) groups excluding carboxylic acids is 4. The van der Waals surface area contributed by atoms with E-state index in [9.17, 15) is 24.3 Å². The fourth-order valence-corrected chi connectivity index (χ4v) is 7.77. The maximum absolute atomic E-state index is 13.8. The van der Waals surface area contributed by atoms with Crippen LogP contribution in [0.5, 0.6) is 5.75 Å². The second-order valence-electron chi connectivity index (χ2n) is 10.1. The normalized spacial score (nSPS) is 34.9. The average molecular weight is 560 g/mol. The van der Waals surface area contributed by atoms with Gasteiger partial charge in [0.2, 0.25) is 11.8 Å². The van der Waals surface area contributed by atoms with Gasteiger partial charge < -0.3 is 5.11 Å². The maximum atomic E-state index is 13.8. The number of hydrogen-bond acceptors (Lipinski definition) is 5. The van der Waals surface area contributed by atoms with Crippen LogP contribution in [0.25, 0.3) is 0 Å². The van der Waals surface area contributed by atoms with Crippen LogP contribution < -0.4 is 4.90 Å². The number of aromatic hydroxyl groups is 1. The van der Waals surface area contributed by atoms with E-state index in [1.54, 1.807) is 36.4 Å². The van der Waals surface area contributed by atoms with Crippen LogP contribution in [-0.2, 0) is 19.2 Å². The molecule has 3 fully saturated rings. The monoisotopic (exact) mass is 558 g/mol. The van der Waals surface area contributed by atoms with E-state index in [1.807, 2.05) is 6.08 Å². The van der Waals surface area contributed by atoms with E-state index in [4.69, 9.17) is 34.8 Å². The van der Waals surface area contributed by atoms with Crippen molar-refractivity contribution in [2.24, 2.45) is 17.8 Å². The molecule has 0 radical (unpaired) electrons. The number of anilines is 1. The Labute approximate surface area is 227 Å². The molecule has 2 aliphatic carbocycles. The van der Waals surface area contributed by atoms with Gasteiger partial charge in [-0.2, -0.15) is 0 Å². The molecule has 2 saturated heterocycles. The molecule has 7 nitrogen and oxygen atoms in total. The van der Waals surface area contributed by atoms with Crippen molar-refractivity contribution in [3.63, 3.8) is 0 Å². The zero-order chi connectivity index (χ0) is 26.4. The summed E-state index contributed by atoms with van der Waals surface area (Å²) < 4.78 is 0. The Hall–Kier alpha value is -2.87. The number of carbonyl (C=O) groups is 4. The van der Waals surface area contributed by atoms with E-state index >= 15 is 0 Å². The van der Waals surface area contributed by atoms with E-state index in [0.29, 0.717) is 21.8 Å². The van der Waals surface area contributed by atoms with Gasteiger partial charge in [-0.1, -0.05) is 35.4 Å². The number of allylic oxidation sites excluding steroid dienone is 2. The zero-order valence-electron chi connectivity index (χ0n) is 19.5. The highest BCUT2D eigenvalue weighted by Crippen LogP contribution is 2.65. The molecule has 37 heavy (non-hydrogen) atoms. The number of alkyl halides is 2. The summed E-state index contributed by atoms with van der Waals surface area (Å²) in [6.45, 7) is 0. The van der Waals surface area contributed by atoms with Gasteiger partial charge in [-0.25, -0.2) is 0 Å². The summed E-state index contributed by atoms with van der Waals surface area (Å²) in [6.07, 6.45) is 2.08. The lowest BCUT2D eigenvalue weighted by atomic mass is 9.56. The number of fused-ring (bicyclic) bond motifs is 4. The average Bonchev–Trinajstić information content (AvgIpc) is 3.20. The lowest BCUT2D eigenvalue weighted by Gasteiger charge is -2.50. The van der Waals surface area contributed by atoms with Crippen molar-refractivity contribution in [2.75, 3.05) is 11.9 Å². The number of imide groups is 2. The second-order valence-corrected chi connectivity index (χ2v) is 11.8. The van der Waals surface area contributed by atoms with Crippen LogP contribution in [0.2, 0.25) is 5.02 Å². The molecule has 4 aliphatic rings. The molecule has 6 rings (SSSR count). The summed E-state index contributed by atoms with van der Waals surface area (Å²) >= 11 is 20.2. The second kappa shape index (κ2) is 8.06. The molecule has 2 aromatic carbocycles. The van der Waals surface area contributed by atoms with Gasteiger partial charge in [0, 0.05) is 18.0 Å². The first kappa shape index (κ1) is 24.5. The van der Waals surface area contributed by atoms with E-state index < -0.39 is 45.2 Å². The molecule has 6 unspecified atom stereocenters. The molecular weight excluding hydrogens is 539 g/mol. The Morgan fingerprint density at radius 1 is 0.892 bits per heavy atom. The molecule has 2 aromatic rings. The highest BCUT2D eigenvalue weighted by atomic mass is 35.5. The number of rotatable bonds is 2. The number of likely N-dealkylation sites (tertiary alicyclic amines) is 1. The first-order valence-electron chi connectivity index (χ1n) is 11.8. The number of hydrogen-bond donors (Lipinski definition) is 1. The highest BCUT2D eigenvalue weighted by Gasteiger charge is 2.75. The van der Waals surface area contributed by atoms with Gasteiger partial charge in [-0.3, -0.25) is 29.0 Å². The largest absolute Gasteiger partial charge is 0.508 e. The zero-order valence-corrected chi connectivity index (χ0v) is 21.8. The Balaban J connectivity index is 1.50. The third-order valence-corrected chi connectivity index (χ3v) is 9.99. The van der Waals surface area contributed by atoms with Gasteiger partial charge in [0.25, 0.3) is 11.8 Å². The number of nitrogens with zero attached hydrogens (tertiary/aromatic N) is 2. The summed E-state index contributed by atoms with van der Waals surface area (Å²) in [4.78, 5) is 52.6. The van der Waals surface area contributed by atoms with Crippen molar-refractivity contribution in [1.82, 2.24) is 4.90 Å². The third kappa shape index (κ3) is 3.08. The number of halogens is 3. The van der Waals surface area contributed by atoms with Crippen molar-refractivity contribution in [1.29, 1.82) is 0 Å². The van der Waals surface area contributed by atoms with Crippen molar-refractivity contribution >= 4 is 64.1 Å². The minimum Gasteiger partial charge on any atom is -0.508 e. The first-order chi connectivity index (χ1) is 17.5. The van der Waals surface area contributed by atoms with Crippen LogP contribution in [0.1, 0.15) is 24.3 Å². The number of phenols is 1. The summed E-state index contributed by atoms with van der Waals surface area (Å²) in [5.74, 6) is -4.79. The molecule has 4 amide bonds. The molecule has 2 aliphatic heterocycles. The summed E-state index contributed by atoms with van der Waals surface area (Å²) in [7, 11) is 1.35. The van der Waals surface area contributed by atoms with Crippen LogP contribution in [0.15, 0.2) is 60.2 Å². The quantitative estimate of drug-likeness (QED) is 0.337. The van der Waals surface area contributed by atoms with Crippen LogP contribution in [-0.4, -0.2) is 50.4 Å². The van der Waals surface area contributed by atoms with Gasteiger partial charge >= 0.3 is 0 Å². The third-order valence-electron chi connectivity index (χ3n) is 8.33. The van der Waals surface area contributed by atoms with Crippen molar-refractivity contribution in [3.05, 3.63) is 70.8 Å². The maximum Gasteiger partial charge on any atom is 0.253 e. The predicted molar refractivity (Wildman–Crippen MR) is 138 cm³/mol. The van der Waals surface area contributed by atoms with Crippen LogP contribution >= 0.6 is 34.8 Å². The molecule has 6 atom stereocenters. The molecule has 0 aromatic heterocycles. The van der Waals surface area contributed by atoms with E-state index in [0.717, 1.165) is 4.90 Å². The molecule has 2 heterocycles. The number of phenolic OH excluding ortho intramolecular Hbond substituents is 1. The Morgan fingerprint density at radius 2 is 1.54 bits per heavy atom. The number of amides is 4. The Bertz CT molecular complexity index is 1410. The molecule has 1 N–H and O–H groups in total. The summed E-state index contributed by atoms with van der Waals surface area (Å²) in [5.41, 5.74) is 1.70. The van der Waals surface area contributed by atoms with E-state index in [2.05, 4.69) is 0 Å². The predicted octanol–water partition coefficient (Wildman–Crippen LogP) is 4.24. The first-order valence-corrected chi connectivity index (χ1v) is 13.0. The van der Waals surface area contributed by atoms with E-state index in [1.165, 1.54) is 24.1 Å². The van der Waals surface area contributed by atoms with E-state index in [-0.39, 0.29) is 30.4 Å². The van der Waals surface area contributed by atoms with Crippen molar-refractivity contribution in [3.8, 4) is 5.75 Å². The summed E-state index contributed by atoms with van der Waals surface area (Å²) in [6, 6.07) is 12.7. The molecular formula is C27H21Cl3N2O5. The molecule has 0 spiro atoms. The molecule has 1 saturated carbocycles. The molecule has 10 heteroatoms.